The second kappa shape index (κ2) is 25.0. The van der Waals surface area contributed by atoms with E-state index < -0.39 is 30.1 Å². The molecule has 4 amide bonds. The van der Waals surface area contributed by atoms with Crippen molar-refractivity contribution in [3.05, 3.63) is 0 Å². The second-order valence-electron chi connectivity index (χ2n) is 9.57. The Kier molecular flexibility index (Phi) is 23.0. The van der Waals surface area contributed by atoms with E-state index in [4.69, 9.17) is 25.6 Å². The van der Waals surface area contributed by atoms with Crippen molar-refractivity contribution in [3.8, 4) is 0 Å². The maximum atomic E-state index is 12.5. The predicted molar refractivity (Wildman–Crippen MR) is 153 cm³/mol. The van der Waals surface area contributed by atoms with Gasteiger partial charge in [-0.25, -0.2) is 19.5 Å². The van der Waals surface area contributed by atoms with Crippen LogP contribution in [0.3, 0.4) is 0 Å². The van der Waals surface area contributed by atoms with Gasteiger partial charge in [-0.05, 0) is 25.7 Å². The minimum atomic E-state index is -1.30. The third-order valence-corrected chi connectivity index (χ3v) is 6.42. The van der Waals surface area contributed by atoms with Crippen molar-refractivity contribution in [2.45, 2.75) is 64.0 Å². The van der Waals surface area contributed by atoms with Crippen LogP contribution in [0.1, 0.15) is 51.9 Å². The predicted octanol–water partition coefficient (Wildman–Crippen LogP) is -0.870. The zero-order chi connectivity index (χ0) is 33.3. The number of hydroxylamine groups is 2. The van der Waals surface area contributed by atoms with Crippen LogP contribution in [0, 0.1) is 0 Å². The van der Waals surface area contributed by atoms with Crippen LogP contribution in [0.25, 0.3) is 0 Å². The number of amides is 4. The summed E-state index contributed by atoms with van der Waals surface area (Å²) in [5, 5.41) is 25.1. The van der Waals surface area contributed by atoms with Crippen LogP contribution in [0.5, 0.6) is 0 Å². The molecule has 18 nitrogen and oxygen atoms in total. The number of carbonyl (C=O) groups is 6. The molecule has 0 saturated carbocycles. The standard InChI is InChI=1S/C26H48N6O12/c1-4-22(34)29-21(25(27)38)7-5-6-11-28-23(35)9-8-20(19-33)30(13-14-31(26(39)40)12-10-24(36)37)15-16-32(44-42-3)17-18-43-41-2/h19-21H,4-18H2,1-3H3,(H2,27,38)(H,28,35)(H,29,34)(H,36,37)(H,39,40). The number of hydrogen-bond acceptors (Lipinski definition) is 12. The number of primary amides is 1. The molecule has 0 saturated heterocycles. The molecule has 0 fully saturated rings. The van der Waals surface area contributed by atoms with E-state index in [1.807, 2.05) is 0 Å². The zero-order valence-corrected chi connectivity index (χ0v) is 25.7. The van der Waals surface area contributed by atoms with E-state index in [0.717, 1.165) is 4.90 Å². The highest BCUT2D eigenvalue weighted by Gasteiger charge is 2.23. The zero-order valence-electron chi connectivity index (χ0n) is 25.7. The quantitative estimate of drug-likeness (QED) is 0.0304. The number of carboxylic acid groups (broad SMARTS) is 2. The van der Waals surface area contributed by atoms with Crippen LogP contribution in [-0.2, 0) is 43.6 Å². The fourth-order valence-electron chi connectivity index (χ4n) is 3.97. The molecular formula is C26H48N6O12. The largest absolute Gasteiger partial charge is 0.481 e. The van der Waals surface area contributed by atoms with Crippen molar-refractivity contribution >= 4 is 36.1 Å². The van der Waals surface area contributed by atoms with Gasteiger partial charge in [-0.3, -0.25) is 24.1 Å². The summed E-state index contributed by atoms with van der Waals surface area (Å²) < 4.78 is 0. The fourth-order valence-corrected chi connectivity index (χ4v) is 3.97. The van der Waals surface area contributed by atoms with Gasteiger partial charge in [-0.1, -0.05) is 6.92 Å². The minimum absolute atomic E-state index is 0.00199. The van der Waals surface area contributed by atoms with Gasteiger partial charge in [0.2, 0.25) is 17.7 Å². The van der Waals surface area contributed by atoms with Gasteiger partial charge in [0.1, 0.15) is 12.3 Å². The molecule has 254 valence electrons. The van der Waals surface area contributed by atoms with Gasteiger partial charge >= 0.3 is 12.1 Å². The highest BCUT2D eigenvalue weighted by Crippen LogP contribution is 2.09. The van der Waals surface area contributed by atoms with Gasteiger partial charge in [0.15, 0.2) is 0 Å². The molecule has 0 aliphatic carbocycles. The molecule has 0 aromatic carbocycles. The second-order valence-corrected chi connectivity index (χ2v) is 9.57. The highest BCUT2D eigenvalue weighted by molar-refractivity contribution is 5.86. The molecule has 0 aromatic rings. The summed E-state index contributed by atoms with van der Waals surface area (Å²) in [6.45, 7) is 2.49. The van der Waals surface area contributed by atoms with Gasteiger partial charge < -0.3 is 36.3 Å². The van der Waals surface area contributed by atoms with Gasteiger partial charge in [0, 0.05) is 52.1 Å². The Bertz CT molecular complexity index is 880. The Morgan fingerprint density at radius 2 is 1.59 bits per heavy atom. The lowest BCUT2D eigenvalue weighted by Gasteiger charge is -2.31. The van der Waals surface area contributed by atoms with Crippen LogP contribution in [0.2, 0.25) is 0 Å². The summed E-state index contributed by atoms with van der Waals surface area (Å²) in [6.07, 6.45) is 0.730. The van der Waals surface area contributed by atoms with Crippen molar-refractivity contribution in [2.75, 3.05) is 66.6 Å². The lowest BCUT2D eigenvalue weighted by Crippen LogP contribution is -2.47. The first-order valence-corrected chi connectivity index (χ1v) is 14.3. The van der Waals surface area contributed by atoms with Crippen LogP contribution in [0.4, 0.5) is 4.79 Å². The van der Waals surface area contributed by atoms with Gasteiger partial charge in [0.05, 0.1) is 39.8 Å². The van der Waals surface area contributed by atoms with Crippen molar-refractivity contribution in [1.82, 2.24) is 25.5 Å². The van der Waals surface area contributed by atoms with E-state index in [2.05, 4.69) is 15.5 Å². The molecule has 18 heteroatoms. The van der Waals surface area contributed by atoms with E-state index >= 15 is 0 Å². The summed E-state index contributed by atoms with van der Waals surface area (Å²) in [6, 6.07) is -1.55. The normalized spacial score (nSPS) is 12.5. The van der Waals surface area contributed by atoms with Crippen molar-refractivity contribution in [3.63, 3.8) is 0 Å². The summed E-state index contributed by atoms with van der Waals surface area (Å²) >= 11 is 0. The average molecular weight is 637 g/mol. The first-order chi connectivity index (χ1) is 21.0. The van der Waals surface area contributed by atoms with Crippen LogP contribution in [-0.4, -0.2) is 140 Å². The maximum Gasteiger partial charge on any atom is 0.407 e. The number of nitrogens with two attached hydrogens (primary N) is 1. The number of nitrogens with one attached hydrogen (secondary N) is 2. The average Bonchev–Trinajstić information content (AvgIpc) is 2.97. The van der Waals surface area contributed by atoms with Gasteiger partial charge in [0.25, 0.3) is 0 Å². The Morgan fingerprint density at radius 3 is 2.16 bits per heavy atom. The van der Waals surface area contributed by atoms with Crippen molar-refractivity contribution in [2.24, 2.45) is 5.73 Å². The Labute approximate surface area is 256 Å². The van der Waals surface area contributed by atoms with Crippen molar-refractivity contribution in [1.29, 1.82) is 0 Å². The molecule has 0 rings (SSSR count). The van der Waals surface area contributed by atoms with Gasteiger partial charge in [-0.2, -0.15) is 5.06 Å². The molecule has 0 radical (unpaired) electrons. The molecule has 0 aliphatic heterocycles. The summed E-state index contributed by atoms with van der Waals surface area (Å²) in [4.78, 5) is 92.1. The summed E-state index contributed by atoms with van der Waals surface area (Å²) in [5.74, 6) is -2.37. The third-order valence-electron chi connectivity index (χ3n) is 6.42. The molecule has 44 heavy (non-hydrogen) atoms. The number of aliphatic carboxylic acids is 1. The summed E-state index contributed by atoms with van der Waals surface area (Å²) in [7, 11) is 2.66. The lowest BCUT2D eigenvalue weighted by atomic mass is 10.1. The Hall–Kier alpha value is -3.42. The monoisotopic (exact) mass is 636 g/mol. The number of rotatable bonds is 28. The maximum absolute atomic E-state index is 12.5. The number of nitrogens with zero attached hydrogens (tertiary/aromatic N) is 3. The van der Waals surface area contributed by atoms with E-state index in [1.165, 1.54) is 19.3 Å². The molecule has 2 atom stereocenters. The van der Waals surface area contributed by atoms with Gasteiger partial charge in [-0.15, -0.1) is 4.99 Å². The summed E-state index contributed by atoms with van der Waals surface area (Å²) in [5.41, 5.74) is 5.33. The third kappa shape index (κ3) is 19.7. The number of hydrogen-bond donors (Lipinski definition) is 5. The number of carboxylic acids is 1. The van der Waals surface area contributed by atoms with Crippen molar-refractivity contribution < 1.29 is 58.6 Å². The van der Waals surface area contributed by atoms with Crippen LogP contribution < -0.4 is 16.4 Å². The molecule has 0 aliphatic rings. The van der Waals surface area contributed by atoms with Crippen LogP contribution >= 0.6 is 0 Å². The number of carbonyl (C=O) groups excluding carboxylic acids is 4. The first-order valence-electron chi connectivity index (χ1n) is 14.3. The molecular weight excluding hydrogens is 588 g/mol. The lowest BCUT2D eigenvalue weighted by molar-refractivity contribution is -0.418. The minimum Gasteiger partial charge on any atom is -0.481 e. The Morgan fingerprint density at radius 1 is 0.886 bits per heavy atom. The van der Waals surface area contributed by atoms with E-state index in [9.17, 15) is 33.9 Å². The molecule has 2 unspecified atom stereocenters. The topological polar surface area (TPSA) is 240 Å². The Balaban J connectivity index is 5.14. The SMILES string of the molecule is CCC(=O)NC(CCCCNC(=O)CCC(C=O)N(CCN(CCOOC)OOC)CCN(CCC(=O)O)C(=O)O)C(N)=O. The van der Waals surface area contributed by atoms with E-state index in [0.29, 0.717) is 32.1 Å². The highest BCUT2D eigenvalue weighted by atomic mass is 17.3. The number of unbranched alkanes of at least 4 members (excludes halogenated alkanes) is 1. The smallest absolute Gasteiger partial charge is 0.407 e. The number of aldehydes is 1. The molecule has 6 N–H and O–H groups in total. The molecule has 0 spiro atoms. The molecule has 0 heterocycles. The molecule has 0 bridgehead atoms. The first kappa shape index (κ1) is 40.6. The van der Waals surface area contributed by atoms with E-state index in [-0.39, 0.29) is 83.4 Å². The fraction of sp³-hybridized carbons (Fsp3) is 0.769. The van der Waals surface area contributed by atoms with Crippen LogP contribution in [0.15, 0.2) is 0 Å². The van der Waals surface area contributed by atoms with E-state index in [1.54, 1.807) is 11.8 Å². The molecule has 0 aromatic heterocycles.